The number of carbonyl (C=O) groups is 1. The SMILES string of the molecule is CC(NC(=O)Cn1ccc(N)n1)c1nccs1. The van der Waals surface area contributed by atoms with Gasteiger partial charge in [0.15, 0.2) is 0 Å². The maximum Gasteiger partial charge on any atom is 0.242 e. The van der Waals surface area contributed by atoms with E-state index in [1.165, 1.54) is 16.0 Å². The Morgan fingerprint density at radius 1 is 1.71 bits per heavy atom. The van der Waals surface area contributed by atoms with E-state index in [0.717, 1.165) is 5.01 Å². The number of anilines is 1. The topological polar surface area (TPSA) is 85.8 Å². The van der Waals surface area contributed by atoms with Gasteiger partial charge in [-0.25, -0.2) is 4.98 Å². The average Bonchev–Trinajstić information content (AvgIpc) is 2.89. The molecular weight excluding hydrogens is 238 g/mol. The molecule has 0 spiro atoms. The molecule has 0 saturated heterocycles. The Morgan fingerprint density at radius 3 is 3.12 bits per heavy atom. The summed E-state index contributed by atoms with van der Waals surface area (Å²) in [6.45, 7) is 2.06. The number of nitrogens with zero attached hydrogens (tertiary/aromatic N) is 3. The molecule has 2 heterocycles. The van der Waals surface area contributed by atoms with Crippen molar-refractivity contribution in [2.24, 2.45) is 0 Å². The Balaban J connectivity index is 1.89. The second kappa shape index (κ2) is 4.96. The number of rotatable bonds is 4. The van der Waals surface area contributed by atoms with E-state index in [2.05, 4.69) is 15.4 Å². The normalized spacial score (nSPS) is 12.3. The van der Waals surface area contributed by atoms with Gasteiger partial charge in [0.2, 0.25) is 5.91 Å². The van der Waals surface area contributed by atoms with Crippen molar-refractivity contribution in [1.82, 2.24) is 20.1 Å². The van der Waals surface area contributed by atoms with Gasteiger partial charge in [-0.05, 0) is 13.0 Å². The van der Waals surface area contributed by atoms with Crippen LogP contribution in [0.25, 0.3) is 0 Å². The number of nitrogens with one attached hydrogen (secondary N) is 1. The third-order valence-electron chi connectivity index (χ3n) is 2.17. The Labute approximate surface area is 102 Å². The smallest absolute Gasteiger partial charge is 0.242 e. The Morgan fingerprint density at radius 2 is 2.53 bits per heavy atom. The highest BCUT2D eigenvalue weighted by Gasteiger charge is 2.12. The van der Waals surface area contributed by atoms with Crippen LogP contribution < -0.4 is 11.1 Å². The van der Waals surface area contributed by atoms with Gasteiger partial charge >= 0.3 is 0 Å². The Kier molecular flexibility index (Phi) is 3.38. The van der Waals surface area contributed by atoms with Crippen LogP contribution in [0.1, 0.15) is 18.0 Å². The molecule has 2 aromatic rings. The van der Waals surface area contributed by atoms with E-state index in [4.69, 9.17) is 5.73 Å². The molecule has 6 nitrogen and oxygen atoms in total. The van der Waals surface area contributed by atoms with E-state index >= 15 is 0 Å². The lowest BCUT2D eigenvalue weighted by molar-refractivity contribution is -0.122. The summed E-state index contributed by atoms with van der Waals surface area (Å²) >= 11 is 1.52. The lowest BCUT2D eigenvalue weighted by Gasteiger charge is -2.10. The molecule has 0 aliphatic heterocycles. The fourth-order valence-corrected chi connectivity index (χ4v) is 2.06. The predicted octanol–water partition coefficient (Wildman–Crippen LogP) is 0.799. The van der Waals surface area contributed by atoms with Crippen LogP contribution >= 0.6 is 11.3 Å². The molecule has 0 fully saturated rings. The minimum absolute atomic E-state index is 0.0876. The van der Waals surface area contributed by atoms with E-state index in [1.807, 2.05) is 12.3 Å². The van der Waals surface area contributed by atoms with Crippen LogP contribution in [0.4, 0.5) is 5.82 Å². The number of amides is 1. The summed E-state index contributed by atoms with van der Waals surface area (Å²) < 4.78 is 1.50. The zero-order valence-electron chi connectivity index (χ0n) is 9.33. The van der Waals surface area contributed by atoms with Gasteiger partial charge in [-0.15, -0.1) is 11.3 Å². The summed E-state index contributed by atoms with van der Waals surface area (Å²) in [5.41, 5.74) is 5.46. The highest BCUT2D eigenvalue weighted by molar-refractivity contribution is 7.09. The van der Waals surface area contributed by atoms with Crippen molar-refractivity contribution in [3.63, 3.8) is 0 Å². The van der Waals surface area contributed by atoms with Crippen LogP contribution in [0.2, 0.25) is 0 Å². The number of aromatic nitrogens is 3. The second-order valence-corrected chi connectivity index (χ2v) is 4.52. The first-order valence-corrected chi connectivity index (χ1v) is 6.01. The molecule has 2 aromatic heterocycles. The molecule has 90 valence electrons. The molecule has 3 N–H and O–H groups in total. The van der Waals surface area contributed by atoms with Gasteiger partial charge in [-0.1, -0.05) is 0 Å². The maximum absolute atomic E-state index is 11.7. The Bertz CT molecular complexity index is 493. The van der Waals surface area contributed by atoms with Gasteiger partial charge in [0.1, 0.15) is 17.4 Å². The Hall–Kier alpha value is -1.89. The van der Waals surface area contributed by atoms with Crippen molar-refractivity contribution in [1.29, 1.82) is 0 Å². The molecule has 7 heteroatoms. The number of carbonyl (C=O) groups excluding carboxylic acids is 1. The van der Waals surface area contributed by atoms with Crippen molar-refractivity contribution < 1.29 is 4.79 Å². The van der Waals surface area contributed by atoms with E-state index in [-0.39, 0.29) is 18.5 Å². The number of nitrogen functional groups attached to an aromatic ring is 1. The van der Waals surface area contributed by atoms with Crippen molar-refractivity contribution >= 4 is 23.1 Å². The fourth-order valence-electron chi connectivity index (χ4n) is 1.41. The van der Waals surface area contributed by atoms with Crippen LogP contribution in [-0.2, 0) is 11.3 Å². The van der Waals surface area contributed by atoms with Crippen LogP contribution in [0.5, 0.6) is 0 Å². The number of thiazole rings is 1. The highest BCUT2D eigenvalue weighted by atomic mass is 32.1. The summed E-state index contributed by atoms with van der Waals surface area (Å²) in [4.78, 5) is 15.8. The first-order chi connectivity index (χ1) is 8.15. The molecule has 1 amide bonds. The standard InChI is InChI=1S/C10H13N5OS/c1-7(10-12-3-5-17-10)13-9(16)6-15-4-2-8(11)14-15/h2-5,7H,6H2,1H3,(H2,11,14)(H,13,16). The van der Waals surface area contributed by atoms with E-state index in [9.17, 15) is 4.79 Å². The van der Waals surface area contributed by atoms with E-state index in [0.29, 0.717) is 5.82 Å². The van der Waals surface area contributed by atoms with E-state index in [1.54, 1.807) is 18.5 Å². The molecule has 0 saturated carbocycles. The van der Waals surface area contributed by atoms with Gasteiger partial charge in [-0.3, -0.25) is 9.48 Å². The van der Waals surface area contributed by atoms with Gasteiger partial charge in [-0.2, -0.15) is 5.10 Å². The molecule has 0 bridgehead atoms. The largest absolute Gasteiger partial charge is 0.382 e. The van der Waals surface area contributed by atoms with Gasteiger partial charge in [0, 0.05) is 17.8 Å². The molecule has 0 aliphatic carbocycles. The summed E-state index contributed by atoms with van der Waals surface area (Å²) in [5.74, 6) is 0.293. The van der Waals surface area contributed by atoms with Crippen LogP contribution in [0.15, 0.2) is 23.8 Å². The molecule has 0 aliphatic rings. The zero-order valence-corrected chi connectivity index (χ0v) is 10.1. The lowest BCUT2D eigenvalue weighted by Crippen LogP contribution is -2.30. The highest BCUT2D eigenvalue weighted by Crippen LogP contribution is 2.14. The van der Waals surface area contributed by atoms with Crippen molar-refractivity contribution in [3.8, 4) is 0 Å². The van der Waals surface area contributed by atoms with Crippen LogP contribution in [-0.4, -0.2) is 20.7 Å². The van der Waals surface area contributed by atoms with Gasteiger partial charge in [0.25, 0.3) is 0 Å². The lowest BCUT2D eigenvalue weighted by atomic mass is 10.3. The van der Waals surface area contributed by atoms with Crippen LogP contribution in [0.3, 0.4) is 0 Å². The van der Waals surface area contributed by atoms with Crippen molar-refractivity contribution in [3.05, 3.63) is 28.8 Å². The van der Waals surface area contributed by atoms with Gasteiger partial charge in [0.05, 0.1) is 6.04 Å². The first kappa shape index (κ1) is 11.6. The molecule has 1 atom stereocenters. The fraction of sp³-hybridized carbons (Fsp3) is 0.300. The average molecular weight is 251 g/mol. The van der Waals surface area contributed by atoms with Crippen molar-refractivity contribution in [2.75, 3.05) is 5.73 Å². The third-order valence-corrected chi connectivity index (χ3v) is 3.12. The summed E-state index contributed by atoms with van der Waals surface area (Å²) in [6.07, 6.45) is 3.39. The third kappa shape index (κ3) is 3.04. The number of hydrogen-bond donors (Lipinski definition) is 2. The molecular formula is C10H13N5OS. The van der Waals surface area contributed by atoms with E-state index < -0.39 is 0 Å². The quantitative estimate of drug-likeness (QED) is 0.841. The molecule has 0 radical (unpaired) electrons. The number of nitrogens with two attached hydrogens (primary N) is 1. The molecule has 1 unspecified atom stereocenters. The zero-order chi connectivity index (χ0) is 12.3. The minimum Gasteiger partial charge on any atom is -0.382 e. The first-order valence-electron chi connectivity index (χ1n) is 5.13. The molecule has 0 aromatic carbocycles. The summed E-state index contributed by atoms with van der Waals surface area (Å²) in [6, 6.07) is 1.56. The summed E-state index contributed by atoms with van der Waals surface area (Å²) in [7, 11) is 0. The monoisotopic (exact) mass is 251 g/mol. The van der Waals surface area contributed by atoms with Crippen LogP contribution in [0, 0.1) is 0 Å². The molecule has 17 heavy (non-hydrogen) atoms. The minimum atomic E-state index is -0.115. The van der Waals surface area contributed by atoms with Crippen molar-refractivity contribution in [2.45, 2.75) is 19.5 Å². The van der Waals surface area contributed by atoms with Gasteiger partial charge < -0.3 is 11.1 Å². The molecule has 2 rings (SSSR count). The predicted molar refractivity (Wildman–Crippen MR) is 65.3 cm³/mol. The second-order valence-electron chi connectivity index (χ2n) is 3.60. The maximum atomic E-state index is 11.7. The summed E-state index contributed by atoms with van der Waals surface area (Å²) in [5, 5.41) is 9.56. The number of hydrogen-bond acceptors (Lipinski definition) is 5.